The van der Waals surface area contributed by atoms with E-state index in [1.54, 1.807) is 0 Å². The van der Waals surface area contributed by atoms with Crippen molar-refractivity contribution in [2.75, 3.05) is 0 Å². The van der Waals surface area contributed by atoms with Gasteiger partial charge in [0.15, 0.2) is 0 Å². The Kier molecular flexibility index (Phi) is 5.22. The van der Waals surface area contributed by atoms with Crippen molar-refractivity contribution >= 4 is 43.6 Å². The monoisotopic (exact) mass is 540 g/mol. The SMILES string of the molecule is Cc1ccc(-c2cc(-n3c4ccccc4c4ccncc43)c(C#N)c(-n3c4ccccc4c4ccncc43)c2)c(C)n1. The summed E-state index contributed by atoms with van der Waals surface area (Å²) < 4.78 is 4.35. The van der Waals surface area contributed by atoms with Crippen molar-refractivity contribution in [1.29, 1.82) is 5.26 Å². The number of hydrogen-bond acceptors (Lipinski definition) is 4. The lowest BCUT2D eigenvalue weighted by molar-refractivity contribution is 1.10. The minimum Gasteiger partial charge on any atom is -0.306 e. The molecule has 0 amide bonds. The smallest absolute Gasteiger partial charge is 0.104 e. The molecular weight excluding hydrogens is 516 g/mol. The number of fused-ring (bicyclic) bond motifs is 6. The second-order valence-electron chi connectivity index (χ2n) is 10.6. The summed E-state index contributed by atoms with van der Waals surface area (Å²) in [5.41, 5.74) is 9.97. The third kappa shape index (κ3) is 3.41. The number of aromatic nitrogens is 5. The van der Waals surface area contributed by atoms with E-state index in [9.17, 15) is 5.26 Å². The Morgan fingerprint density at radius 2 is 1.14 bits per heavy atom. The molecule has 42 heavy (non-hydrogen) atoms. The Bertz CT molecular complexity index is 2160. The fourth-order valence-corrected chi connectivity index (χ4v) is 6.38. The Morgan fingerprint density at radius 3 is 1.67 bits per heavy atom. The minimum absolute atomic E-state index is 0.564. The van der Waals surface area contributed by atoms with Crippen LogP contribution in [0.25, 0.3) is 66.1 Å². The molecule has 6 nitrogen and oxygen atoms in total. The highest BCUT2D eigenvalue weighted by Crippen LogP contribution is 2.40. The molecule has 198 valence electrons. The summed E-state index contributed by atoms with van der Waals surface area (Å²) in [6, 6.07) is 31.7. The van der Waals surface area contributed by atoms with Gasteiger partial charge in [0.2, 0.25) is 0 Å². The van der Waals surface area contributed by atoms with Gasteiger partial charge < -0.3 is 9.13 Å². The van der Waals surface area contributed by atoms with Crippen LogP contribution in [0.1, 0.15) is 17.0 Å². The van der Waals surface area contributed by atoms with Gasteiger partial charge in [-0.1, -0.05) is 42.5 Å². The van der Waals surface area contributed by atoms with E-state index >= 15 is 0 Å². The molecule has 0 saturated carbocycles. The summed E-state index contributed by atoms with van der Waals surface area (Å²) in [4.78, 5) is 13.7. The highest BCUT2D eigenvalue weighted by atomic mass is 15.0. The zero-order valence-electron chi connectivity index (χ0n) is 23.1. The number of para-hydroxylation sites is 2. The first-order valence-electron chi connectivity index (χ1n) is 13.8. The largest absolute Gasteiger partial charge is 0.306 e. The summed E-state index contributed by atoms with van der Waals surface area (Å²) >= 11 is 0. The van der Waals surface area contributed by atoms with Crippen molar-refractivity contribution in [1.82, 2.24) is 24.1 Å². The molecule has 0 saturated heterocycles. The topological polar surface area (TPSA) is 72.3 Å². The number of rotatable bonds is 3. The van der Waals surface area contributed by atoms with Gasteiger partial charge in [-0.2, -0.15) is 5.26 Å². The van der Waals surface area contributed by atoms with Crippen molar-refractivity contribution in [2.45, 2.75) is 13.8 Å². The normalized spacial score (nSPS) is 11.5. The van der Waals surface area contributed by atoms with Crippen LogP contribution >= 0.6 is 0 Å². The van der Waals surface area contributed by atoms with Crippen LogP contribution in [-0.4, -0.2) is 24.1 Å². The summed E-state index contributed by atoms with van der Waals surface area (Å²) in [6.07, 6.45) is 7.40. The number of pyridine rings is 3. The molecule has 6 heteroatoms. The van der Waals surface area contributed by atoms with Gasteiger partial charge >= 0.3 is 0 Å². The molecule has 0 aliphatic rings. The highest BCUT2D eigenvalue weighted by Gasteiger charge is 2.22. The lowest BCUT2D eigenvalue weighted by Gasteiger charge is -2.18. The summed E-state index contributed by atoms with van der Waals surface area (Å²) in [7, 11) is 0. The van der Waals surface area contributed by atoms with E-state index in [2.05, 4.69) is 67.6 Å². The predicted molar refractivity (Wildman–Crippen MR) is 168 cm³/mol. The molecule has 0 spiro atoms. The number of hydrogen-bond donors (Lipinski definition) is 0. The van der Waals surface area contributed by atoms with Crippen LogP contribution in [0, 0.1) is 25.2 Å². The molecule has 8 rings (SSSR count). The Morgan fingerprint density at radius 1 is 0.619 bits per heavy atom. The zero-order valence-corrected chi connectivity index (χ0v) is 23.1. The number of nitrogens with zero attached hydrogens (tertiary/aromatic N) is 6. The molecule has 0 N–H and O–H groups in total. The molecule has 0 aliphatic heterocycles. The molecule has 0 aliphatic carbocycles. The van der Waals surface area contributed by atoms with Crippen LogP contribution in [0.2, 0.25) is 0 Å². The van der Waals surface area contributed by atoms with E-state index in [4.69, 9.17) is 4.98 Å². The molecule has 5 heterocycles. The van der Waals surface area contributed by atoms with E-state index in [-0.39, 0.29) is 0 Å². The standard InChI is InChI=1S/C36H24N6/c1-22-11-12-25(23(2)40-22)24-17-33(41-31-9-5-3-7-26(31)28-13-15-38-20-35(28)41)30(19-37)34(18-24)42-32-10-6-4-8-27(32)29-14-16-39-21-36(29)42/h3-18,20-21H,1-2H3. The highest BCUT2D eigenvalue weighted by molar-refractivity contribution is 6.10. The minimum atomic E-state index is 0.564. The van der Waals surface area contributed by atoms with Crippen LogP contribution in [0.3, 0.4) is 0 Å². The van der Waals surface area contributed by atoms with Crippen LogP contribution in [0.4, 0.5) is 0 Å². The molecule has 5 aromatic heterocycles. The summed E-state index contributed by atoms with van der Waals surface area (Å²) in [6.45, 7) is 4.04. The lowest BCUT2D eigenvalue weighted by Crippen LogP contribution is -2.06. The van der Waals surface area contributed by atoms with Crippen molar-refractivity contribution in [3.05, 3.63) is 127 Å². The Balaban J connectivity index is 1.58. The van der Waals surface area contributed by atoms with E-state index in [0.29, 0.717) is 5.56 Å². The second-order valence-corrected chi connectivity index (χ2v) is 10.6. The molecule has 0 atom stereocenters. The van der Waals surface area contributed by atoms with Crippen LogP contribution < -0.4 is 0 Å². The molecular formula is C36H24N6. The van der Waals surface area contributed by atoms with Crippen LogP contribution in [0.15, 0.2) is 110 Å². The average molecular weight is 541 g/mol. The van der Waals surface area contributed by atoms with E-state index in [1.165, 1.54) is 0 Å². The molecule has 0 fully saturated rings. The van der Waals surface area contributed by atoms with Gasteiger partial charge in [0.05, 0.1) is 45.8 Å². The van der Waals surface area contributed by atoms with Crippen LogP contribution in [-0.2, 0) is 0 Å². The average Bonchev–Trinajstić information content (AvgIpc) is 3.53. The van der Waals surface area contributed by atoms with Gasteiger partial charge in [-0.3, -0.25) is 15.0 Å². The lowest BCUT2D eigenvalue weighted by atomic mass is 9.98. The first kappa shape index (κ1) is 24.0. The summed E-state index contributed by atoms with van der Waals surface area (Å²) in [5.74, 6) is 0. The van der Waals surface area contributed by atoms with Gasteiger partial charge in [0, 0.05) is 50.9 Å². The van der Waals surface area contributed by atoms with E-state index in [0.717, 1.165) is 77.5 Å². The Hall–Kier alpha value is -5.80. The van der Waals surface area contributed by atoms with Crippen LogP contribution in [0.5, 0.6) is 0 Å². The summed E-state index contributed by atoms with van der Waals surface area (Å²) in [5, 5.41) is 15.3. The van der Waals surface area contributed by atoms with Gasteiger partial charge in [-0.25, -0.2) is 0 Å². The Labute approximate surface area is 241 Å². The van der Waals surface area contributed by atoms with Crippen molar-refractivity contribution in [3.63, 3.8) is 0 Å². The van der Waals surface area contributed by atoms with Crippen molar-refractivity contribution < 1.29 is 0 Å². The maximum absolute atomic E-state index is 10.9. The predicted octanol–water partition coefficient (Wildman–Crippen LogP) is 8.22. The molecule has 0 unspecified atom stereocenters. The molecule has 0 bridgehead atoms. The van der Waals surface area contributed by atoms with Gasteiger partial charge in [0.25, 0.3) is 0 Å². The third-order valence-electron chi connectivity index (χ3n) is 8.18. The van der Waals surface area contributed by atoms with Gasteiger partial charge in [-0.05, 0) is 61.9 Å². The van der Waals surface area contributed by atoms with Crippen molar-refractivity contribution in [3.8, 4) is 28.6 Å². The molecule has 0 radical (unpaired) electrons. The third-order valence-corrected chi connectivity index (χ3v) is 8.18. The quantitative estimate of drug-likeness (QED) is 0.226. The number of benzene rings is 3. The van der Waals surface area contributed by atoms with E-state index < -0.39 is 0 Å². The first-order valence-corrected chi connectivity index (χ1v) is 13.8. The maximum atomic E-state index is 10.9. The maximum Gasteiger partial charge on any atom is 0.104 e. The molecule has 8 aromatic rings. The van der Waals surface area contributed by atoms with Crippen molar-refractivity contribution in [2.24, 2.45) is 0 Å². The number of nitriles is 1. The second kappa shape index (κ2) is 9.12. The molecule has 3 aromatic carbocycles. The fourth-order valence-electron chi connectivity index (χ4n) is 6.38. The van der Waals surface area contributed by atoms with E-state index in [1.807, 2.05) is 81.1 Å². The van der Waals surface area contributed by atoms with Gasteiger partial charge in [-0.15, -0.1) is 0 Å². The zero-order chi connectivity index (χ0) is 28.4. The number of aryl methyl sites for hydroxylation is 2. The first-order chi connectivity index (χ1) is 20.6. The van der Waals surface area contributed by atoms with Gasteiger partial charge in [0.1, 0.15) is 11.6 Å². The fraction of sp³-hybridized carbons (Fsp3) is 0.0556.